The maximum atomic E-state index is 17.2. The Balaban J connectivity index is 1.33. The van der Waals surface area contributed by atoms with Crippen molar-refractivity contribution in [3.8, 4) is 23.0 Å². The highest BCUT2D eigenvalue weighted by atomic mass is 19.4. The number of carbonyl (C=O) groups is 4. The number of hydrogen-bond donors (Lipinski definition) is 0. The van der Waals surface area contributed by atoms with Gasteiger partial charge in [-0.3, -0.25) is 19.2 Å². The van der Waals surface area contributed by atoms with Gasteiger partial charge in [0, 0.05) is 35.4 Å². The summed E-state index contributed by atoms with van der Waals surface area (Å²) in [5.74, 6) is -7.58. The number of nitrogens with zero attached hydrogens (tertiary/aromatic N) is 2. The van der Waals surface area contributed by atoms with Crippen LogP contribution in [0.25, 0.3) is 0 Å². The van der Waals surface area contributed by atoms with Gasteiger partial charge < -0.3 is 9.47 Å². The number of aryl methyl sites for hydroxylation is 4. The summed E-state index contributed by atoms with van der Waals surface area (Å²) < 4.78 is 102. The molecule has 2 heterocycles. The molecule has 4 aromatic carbocycles. The monoisotopic (exact) mass is 734 g/mol. The third-order valence-corrected chi connectivity index (χ3v) is 8.75. The van der Waals surface area contributed by atoms with E-state index in [0.717, 1.165) is 58.4 Å². The van der Waals surface area contributed by atoms with Gasteiger partial charge in [0.05, 0.1) is 11.4 Å². The maximum absolute atomic E-state index is 17.2. The molecule has 4 amide bonds. The first-order chi connectivity index (χ1) is 24.8. The first-order valence-electron chi connectivity index (χ1n) is 15.9. The standard InChI is InChI=1S/C39H28F6N2O6/c1-21-17-25(18-22(2)35(21)52-29-9-5-27(6-10-29)46-31(48)13-14-32(46)49)37(40,38(41,42)39(43,44)45)26-19-23(3)36(24(4)20-26)53-30-11-7-28(8-12-30)47-33(50)15-16-34(47)51/h5-20H,1-4H3. The van der Waals surface area contributed by atoms with E-state index in [4.69, 9.17) is 9.47 Å². The van der Waals surface area contributed by atoms with Crippen LogP contribution in [0.15, 0.2) is 97.1 Å². The van der Waals surface area contributed by atoms with E-state index < -0.39 is 52.5 Å². The van der Waals surface area contributed by atoms with Gasteiger partial charge in [-0.1, -0.05) is 0 Å². The largest absolute Gasteiger partial charge is 0.457 e. The van der Waals surface area contributed by atoms with Crippen LogP contribution in [-0.4, -0.2) is 35.7 Å². The number of anilines is 2. The van der Waals surface area contributed by atoms with E-state index in [1.165, 1.54) is 76.2 Å². The maximum Gasteiger partial charge on any atom is 0.457 e. The third kappa shape index (κ3) is 6.34. The van der Waals surface area contributed by atoms with Crippen molar-refractivity contribution in [1.29, 1.82) is 0 Å². The molecule has 53 heavy (non-hydrogen) atoms. The molecule has 0 unspecified atom stereocenters. The van der Waals surface area contributed by atoms with Crippen LogP contribution in [0.4, 0.5) is 37.7 Å². The summed E-state index contributed by atoms with van der Waals surface area (Å²) >= 11 is 0. The Morgan fingerprint density at radius 1 is 0.472 bits per heavy atom. The van der Waals surface area contributed by atoms with Gasteiger partial charge >= 0.3 is 12.1 Å². The lowest BCUT2D eigenvalue weighted by atomic mass is 9.79. The van der Waals surface area contributed by atoms with Crippen molar-refractivity contribution >= 4 is 35.0 Å². The molecule has 0 fully saturated rings. The Kier molecular flexibility index (Phi) is 9.05. The first-order valence-corrected chi connectivity index (χ1v) is 15.9. The van der Waals surface area contributed by atoms with E-state index in [1.54, 1.807) is 0 Å². The summed E-state index contributed by atoms with van der Waals surface area (Å²) in [5.41, 5.74) is -5.68. The highest BCUT2D eigenvalue weighted by molar-refractivity contribution is 6.28. The fourth-order valence-corrected chi connectivity index (χ4v) is 6.22. The number of carbonyl (C=O) groups excluding carboxylic acids is 4. The summed E-state index contributed by atoms with van der Waals surface area (Å²) in [4.78, 5) is 49.8. The Morgan fingerprint density at radius 2 is 0.755 bits per heavy atom. The Hall–Kier alpha value is -6.18. The molecule has 272 valence electrons. The van der Waals surface area contributed by atoms with Crippen LogP contribution in [0.3, 0.4) is 0 Å². The van der Waals surface area contributed by atoms with Crippen molar-refractivity contribution in [2.45, 2.75) is 45.5 Å². The molecule has 14 heteroatoms. The topological polar surface area (TPSA) is 93.2 Å². The minimum absolute atomic E-state index is 0.0446. The van der Waals surface area contributed by atoms with Crippen LogP contribution in [0.1, 0.15) is 33.4 Å². The Bertz CT molecular complexity index is 2020. The lowest BCUT2D eigenvalue weighted by molar-refractivity contribution is -0.323. The van der Waals surface area contributed by atoms with E-state index in [1.807, 2.05) is 0 Å². The predicted molar refractivity (Wildman–Crippen MR) is 181 cm³/mol. The molecular formula is C39H28F6N2O6. The number of alkyl halides is 6. The highest BCUT2D eigenvalue weighted by Crippen LogP contribution is 2.56. The molecule has 0 radical (unpaired) electrons. The summed E-state index contributed by atoms with van der Waals surface area (Å²) in [7, 11) is 0. The second-order valence-electron chi connectivity index (χ2n) is 12.5. The molecule has 0 saturated carbocycles. The number of benzene rings is 4. The van der Waals surface area contributed by atoms with Gasteiger partial charge in [0.2, 0.25) is 5.67 Å². The predicted octanol–water partition coefficient (Wildman–Crippen LogP) is 8.77. The van der Waals surface area contributed by atoms with Crippen molar-refractivity contribution in [2.24, 2.45) is 0 Å². The number of ether oxygens (including phenoxy) is 2. The van der Waals surface area contributed by atoms with E-state index in [0.29, 0.717) is 0 Å². The van der Waals surface area contributed by atoms with E-state index in [2.05, 4.69) is 0 Å². The number of hydrogen-bond acceptors (Lipinski definition) is 6. The van der Waals surface area contributed by atoms with Crippen molar-refractivity contribution in [2.75, 3.05) is 9.80 Å². The van der Waals surface area contributed by atoms with Crippen LogP contribution in [0.5, 0.6) is 23.0 Å². The molecule has 0 saturated heterocycles. The Morgan fingerprint density at radius 3 is 1.02 bits per heavy atom. The van der Waals surface area contributed by atoms with Crippen molar-refractivity contribution < 1.29 is 55.0 Å². The lowest BCUT2D eigenvalue weighted by Gasteiger charge is -2.36. The average molecular weight is 735 g/mol. The minimum Gasteiger partial charge on any atom is -0.457 e. The normalized spacial score (nSPS) is 14.9. The highest BCUT2D eigenvalue weighted by Gasteiger charge is 2.72. The minimum atomic E-state index is -6.31. The van der Waals surface area contributed by atoms with Gasteiger partial charge in [0.1, 0.15) is 23.0 Å². The molecule has 0 atom stereocenters. The zero-order valence-corrected chi connectivity index (χ0v) is 28.3. The quantitative estimate of drug-likeness (QED) is 0.126. The molecule has 2 aliphatic rings. The molecule has 0 N–H and O–H groups in total. The van der Waals surface area contributed by atoms with Crippen molar-refractivity contribution in [1.82, 2.24) is 0 Å². The Labute approximate surface area is 298 Å². The van der Waals surface area contributed by atoms with Crippen LogP contribution in [-0.2, 0) is 24.8 Å². The van der Waals surface area contributed by atoms with Gasteiger partial charge in [-0.25, -0.2) is 14.2 Å². The summed E-state index contributed by atoms with van der Waals surface area (Å²) in [6.07, 6.45) is -1.85. The van der Waals surface area contributed by atoms with Gasteiger partial charge in [0.15, 0.2) is 0 Å². The molecule has 6 rings (SSSR count). The zero-order chi connectivity index (χ0) is 38.6. The summed E-state index contributed by atoms with van der Waals surface area (Å²) in [5, 5.41) is 0. The van der Waals surface area contributed by atoms with E-state index in [9.17, 15) is 32.3 Å². The smallest absolute Gasteiger partial charge is 0.457 e. The first kappa shape index (κ1) is 36.6. The molecule has 0 spiro atoms. The molecule has 2 aliphatic heterocycles. The molecular weight excluding hydrogens is 706 g/mol. The zero-order valence-electron chi connectivity index (χ0n) is 28.3. The summed E-state index contributed by atoms with van der Waals surface area (Å²) in [6, 6.07) is 14.9. The fraction of sp³-hybridized carbons (Fsp3) is 0.179. The lowest BCUT2D eigenvalue weighted by Crippen LogP contribution is -2.53. The number of amides is 4. The molecule has 4 aromatic rings. The second kappa shape index (κ2) is 13.1. The fourth-order valence-electron chi connectivity index (χ4n) is 6.22. The van der Waals surface area contributed by atoms with E-state index >= 15 is 13.2 Å². The van der Waals surface area contributed by atoms with E-state index in [-0.39, 0.29) is 56.6 Å². The number of rotatable bonds is 9. The SMILES string of the molecule is Cc1cc(C(F)(c2cc(C)c(Oc3ccc(N4C(=O)C=CC4=O)cc3)c(C)c2)C(F)(F)C(F)(F)F)cc(C)c1Oc1ccc(N2C(=O)C=CC2=O)cc1. The molecule has 0 aromatic heterocycles. The molecule has 0 bridgehead atoms. The third-order valence-electron chi connectivity index (χ3n) is 8.75. The summed E-state index contributed by atoms with van der Waals surface area (Å²) in [6.45, 7) is 5.46. The molecule has 0 aliphatic carbocycles. The van der Waals surface area contributed by atoms with Crippen molar-refractivity contribution in [3.05, 3.63) is 130 Å². The van der Waals surface area contributed by atoms with Gasteiger partial charge in [-0.05, 0) is 123 Å². The van der Waals surface area contributed by atoms with Gasteiger partial charge in [-0.15, -0.1) is 0 Å². The van der Waals surface area contributed by atoms with Gasteiger partial charge in [-0.2, -0.15) is 22.0 Å². The second-order valence-corrected chi connectivity index (χ2v) is 12.5. The van der Waals surface area contributed by atoms with Crippen LogP contribution in [0.2, 0.25) is 0 Å². The van der Waals surface area contributed by atoms with Crippen LogP contribution >= 0.6 is 0 Å². The average Bonchev–Trinajstić information content (AvgIpc) is 3.62. The molecule has 8 nitrogen and oxygen atoms in total. The van der Waals surface area contributed by atoms with Crippen LogP contribution in [0, 0.1) is 27.7 Å². The van der Waals surface area contributed by atoms with Crippen molar-refractivity contribution in [3.63, 3.8) is 0 Å². The number of imide groups is 2. The van der Waals surface area contributed by atoms with Crippen LogP contribution < -0.4 is 19.3 Å². The number of halogens is 6. The van der Waals surface area contributed by atoms with Gasteiger partial charge in [0.25, 0.3) is 23.6 Å².